The summed E-state index contributed by atoms with van der Waals surface area (Å²) in [5, 5.41) is 0.907. The van der Waals surface area contributed by atoms with Crippen LogP contribution in [0.3, 0.4) is 0 Å². The first-order valence-corrected chi connectivity index (χ1v) is 8.98. The Hall–Kier alpha value is -1.50. The van der Waals surface area contributed by atoms with E-state index in [2.05, 4.69) is 0 Å². The highest BCUT2D eigenvalue weighted by Crippen LogP contribution is 2.27. The van der Waals surface area contributed by atoms with Crippen LogP contribution in [0.4, 0.5) is 0 Å². The van der Waals surface area contributed by atoms with Crippen LogP contribution in [0.15, 0.2) is 18.2 Å². The SMILES string of the molecule is CCOC(=O)CN1CCCN(C(=O)COc2cc(Cl)ccc2Cl)CC1. The fraction of sp³-hybridized carbons (Fsp3) is 0.529. The van der Waals surface area contributed by atoms with Crippen molar-refractivity contribution in [2.24, 2.45) is 0 Å². The van der Waals surface area contributed by atoms with Crippen molar-refractivity contribution in [1.82, 2.24) is 9.80 Å². The van der Waals surface area contributed by atoms with E-state index in [0.717, 1.165) is 13.0 Å². The number of halogens is 2. The monoisotopic (exact) mass is 388 g/mol. The third kappa shape index (κ3) is 6.38. The molecule has 1 saturated heterocycles. The standard InChI is InChI=1S/C17H22Cl2N2O4/c1-2-24-17(23)11-20-6-3-7-21(9-8-20)16(22)12-25-15-10-13(18)4-5-14(15)19/h4-5,10H,2-3,6-9,11-12H2,1H3. The van der Waals surface area contributed by atoms with Crippen LogP contribution in [-0.4, -0.2) is 67.6 Å². The van der Waals surface area contributed by atoms with Crippen LogP contribution in [0.1, 0.15) is 13.3 Å². The summed E-state index contributed by atoms with van der Waals surface area (Å²) in [6.07, 6.45) is 0.795. The summed E-state index contributed by atoms with van der Waals surface area (Å²) >= 11 is 11.9. The summed E-state index contributed by atoms with van der Waals surface area (Å²) in [6, 6.07) is 4.87. The molecule has 0 bridgehead atoms. The minimum Gasteiger partial charge on any atom is -0.482 e. The lowest BCUT2D eigenvalue weighted by Crippen LogP contribution is -2.39. The molecule has 0 unspecified atom stereocenters. The molecule has 0 spiro atoms. The van der Waals surface area contributed by atoms with Crippen LogP contribution in [0.5, 0.6) is 5.75 Å². The number of rotatable bonds is 6. The number of nitrogens with zero attached hydrogens (tertiary/aromatic N) is 2. The number of hydrogen-bond acceptors (Lipinski definition) is 5. The van der Waals surface area contributed by atoms with Gasteiger partial charge in [0.1, 0.15) is 5.75 Å². The van der Waals surface area contributed by atoms with E-state index >= 15 is 0 Å². The fourth-order valence-corrected chi connectivity index (χ4v) is 2.92. The van der Waals surface area contributed by atoms with E-state index in [9.17, 15) is 9.59 Å². The maximum Gasteiger partial charge on any atom is 0.320 e. The number of carbonyl (C=O) groups is 2. The number of amides is 1. The average molecular weight is 389 g/mol. The van der Waals surface area contributed by atoms with Crippen molar-refractivity contribution in [1.29, 1.82) is 0 Å². The van der Waals surface area contributed by atoms with Gasteiger partial charge in [0.2, 0.25) is 0 Å². The molecule has 0 radical (unpaired) electrons. The zero-order valence-corrected chi connectivity index (χ0v) is 15.7. The summed E-state index contributed by atoms with van der Waals surface area (Å²) in [7, 11) is 0. The Labute approximate surface area is 157 Å². The van der Waals surface area contributed by atoms with E-state index in [0.29, 0.717) is 42.0 Å². The third-order valence-electron chi connectivity index (χ3n) is 3.84. The maximum absolute atomic E-state index is 12.4. The molecule has 138 valence electrons. The van der Waals surface area contributed by atoms with Crippen molar-refractivity contribution in [3.8, 4) is 5.75 Å². The predicted octanol–water partition coefficient (Wildman–Crippen LogP) is 2.47. The number of esters is 1. The van der Waals surface area contributed by atoms with Gasteiger partial charge in [0.25, 0.3) is 5.91 Å². The van der Waals surface area contributed by atoms with E-state index in [1.54, 1.807) is 30.0 Å². The smallest absolute Gasteiger partial charge is 0.320 e. The van der Waals surface area contributed by atoms with Gasteiger partial charge in [-0.3, -0.25) is 14.5 Å². The Balaban J connectivity index is 1.82. The molecule has 0 saturated carbocycles. The van der Waals surface area contributed by atoms with Crippen molar-refractivity contribution < 1.29 is 19.1 Å². The predicted molar refractivity (Wildman–Crippen MR) is 96.2 cm³/mol. The summed E-state index contributed by atoms with van der Waals surface area (Å²) in [5.74, 6) is 0.0384. The zero-order valence-electron chi connectivity index (χ0n) is 14.2. The van der Waals surface area contributed by atoms with Crippen molar-refractivity contribution in [3.63, 3.8) is 0 Å². The highest BCUT2D eigenvalue weighted by Gasteiger charge is 2.21. The Morgan fingerprint density at radius 1 is 1.16 bits per heavy atom. The minimum absolute atomic E-state index is 0.0993. The molecule has 0 N–H and O–H groups in total. The fourth-order valence-electron chi connectivity index (χ4n) is 2.59. The molecule has 1 aliphatic rings. The molecule has 25 heavy (non-hydrogen) atoms. The third-order valence-corrected chi connectivity index (χ3v) is 4.39. The van der Waals surface area contributed by atoms with Crippen LogP contribution in [0.25, 0.3) is 0 Å². The Morgan fingerprint density at radius 3 is 2.72 bits per heavy atom. The first-order valence-electron chi connectivity index (χ1n) is 8.23. The lowest BCUT2D eigenvalue weighted by atomic mass is 10.3. The summed E-state index contributed by atoms with van der Waals surface area (Å²) in [6.45, 7) is 4.87. The van der Waals surface area contributed by atoms with Gasteiger partial charge in [-0.25, -0.2) is 0 Å². The second kappa shape index (κ2) is 9.85. The molecule has 0 aliphatic carbocycles. The molecule has 1 aromatic carbocycles. The molecular formula is C17H22Cl2N2O4. The van der Waals surface area contributed by atoms with Gasteiger partial charge < -0.3 is 14.4 Å². The van der Waals surface area contributed by atoms with Crippen LogP contribution in [-0.2, 0) is 14.3 Å². The van der Waals surface area contributed by atoms with Gasteiger partial charge in [-0.15, -0.1) is 0 Å². The quantitative estimate of drug-likeness (QED) is 0.700. The molecular weight excluding hydrogens is 367 g/mol. The van der Waals surface area contributed by atoms with Crippen molar-refractivity contribution in [2.75, 3.05) is 45.9 Å². The summed E-state index contributed by atoms with van der Waals surface area (Å²) in [4.78, 5) is 27.7. The summed E-state index contributed by atoms with van der Waals surface area (Å²) in [5.41, 5.74) is 0. The number of benzene rings is 1. The molecule has 8 heteroatoms. The highest BCUT2D eigenvalue weighted by atomic mass is 35.5. The molecule has 6 nitrogen and oxygen atoms in total. The molecule has 0 atom stereocenters. The van der Waals surface area contributed by atoms with E-state index in [-0.39, 0.29) is 25.0 Å². The Bertz CT molecular complexity index is 612. The van der Waals surface area contributed by atoms with Gasteiger partial charge in [-0.2, -0.15) is 0 Å². The van der Waals surface area contributed by atoms with Crippen molar-refractivity contribution in [2.45, 2.75) is 13.3 Å². The first kappa shape index (κ1) is 19.8. The van der Waals surface area contributed by atoms with E-state index < -0.39 is 0 Å². The molecule has 1 amide bonds. The van der Waals surface area contributed by atoms with Gasteiger partial charge in [0.15, 0.2) is 6.61 Å². The topological polar surface area (TPSA) is 59.1 Å². The lowest BCUT2D eigenvalue weighted by Gasteiger charge is -2.21. The normalized spacial score (nSPS) is 15.6. The van der Waals surface area contributed by atoms with E-state index in [1.165, 1.54) is 0 Å². The van der Waals surface area contributed by atoms with Gasteiger partial charge in [0.05, 0.1) is 18.2 Å². The Kier molecular flexibility index (Phi) is 7.81. The molecule has 1 fully saturated rings. The average Bonchev–Trinajstić information content (AvgIpc) is 2.81. The molecule has 1 aliphatic heterocycles. The lowest BCUT2D eigenvalue weighted by molar-refractivity contribution is -0.144. The number of hydrogen-bond donors (Lipinski definition) is 0. The molecule has 1 heterocycles. The van der Waals surface area contributed by atoms with Gasteiger partial charge >= 0.3 is 5.97 Å². The molecule has 2 rings (SSSR count). The van der Waals surface area contributed by atoms with Crippen LogP contribution in [0.2, 0.25) is 10.0 Å². The second-order valence-corrected chi connectivity index (χ2v) is 6.52. The van der Waals surface area contributed by atoms with Crippen molar-refractivity contribution >= 4 is 35.1 Å². The molecule has 0 aromatic heterocycles. The Morgan fingerprint density at radius 2 is 1.96 bits per heavy atom. The van der Waals surface area contributed by atoms with Gasteiger partial charge in [-0.1, -0.05) is 23.2 Å². The molecule has 1 aromatic rings. The maximum atomic E-state index is 12.4. The highest BCUT2D eigenvalue weighted by molar-refractivity contribution is 6.34. The minimum atomic E-state index is -0.235. The van der Waals surface area contributed by atoms with E-state index in [4.69, 9.17) is 32.7 Å². The second-order valence-electron chi connectivity index (χ2n) is 5.68. The zero-order chi connectivity index (χ0) is 18.2. The van der Waals surface area contributed by atoms with Gasteiger partial charge in [0, 0.05) is 37.3 Å². The van der Waals surface area contributed by atoms with Crippen molar-refractivity contribution in [3.05, 3.63) is 28.2 Å². The summed E-state index contributed by atoms with van der Waals surface area (Å²) < 4.78 is 10.5. The largest absolute Gasteiger partial charge is 0.482 e. The number of carbonyl (C=O) groups excluding carboxylic acids is 2. The van der Waals surface area contributed by atoms with Crippen LogP contribution < -0.4 is 4.74 Å². The van der Waals surface area contributed by atoms with Gasteiger partial charge in [-0.05, 0) is 25.5 Å². The first-order chi connectivity index (χ1) is 12.0. The van der Waals surface area contributed by atoms with Crippen LogP contribution in [0, 0.1) is 0 Å². The number of ether oxygens (including phenoxy) is 2. The van der Waals surface area contributed by atoms with E-state index in [1.807, 2.05) is 4.90 Å². The van der Waals surface area contributed by atoms with Crippen LogP contribution >= 0.6 is 23.2 Å².